The van der Waals surface area contributed by atoms with E-state index in [1.54, 1.807) is 12.3 Å². The summed E-state index contributed by atoms with van der Waals surface area (Å²) in [5.41, 5.74) is 1.87. The molecule has 0 bridgehead atoms. The maximum Gasteiger partial charge on any atom is 0.305 e. The third kappa shape index (κ3) is 4.41. The van der Waals surface area contributed by atoms with Gasteiger partial charge in [0, 0.05) is 12.7 Å². The molecule has 0 aliphatic carbocycles. The van der Waals surface area contributed by atoms with E-state index >= 15 is 0 Å². The predicted octanol–water partition coefficient (Wildman–Crippen LogP) is 2.44. The van der Waals surface area contributed by atoms with E-state index < -0.39 is 5.97 Å². The highest BCUT2D eigenvalue weighted by atomic mass is 16.4. The summed E-state index contributed by atoms with van der Waals surface area (Å²) >= 11 is 0. The third-order valence-corrected chi connectivity index (χ3v) is 3.22. The van der Waals surface area contributed by atoms with E-state index in [4.69, 9.17) is 5.11 Å². The van der Waals surface area contributed by atoms with Crippen LogP contribution in [0.4, 0.5) is 5.82 Å². The summed E-state index contributed by atoms with van der Waals surface area (Å²) in [6.07, 6.45) is 1.77. The van der Waals surface area contributed by atoms with Crippen LogP contribution in [0.5, 0.6) is 0 Å². The van der Waals surface area contributed by atoms with Crippen LogP contribution in [0.25, 0.3) is 0 Å². The van der Waals surface area contributed by atoms with Crippen LogP contribution >= 0.6 is 0 Å². The quantitative estimate of drug-likeness (QED) is 0.889. The molecule has 0 atom stereocenters. The number of pyridine rings is 1. The molecule has 0 saturated carbocycles. The molecule has 0 aliphatic rings. The van der Waals surface area contributed by atoms with E-state index in [9.17, 15) is 9.59 Å². The largest absolute Gasteiger partial charge is 0.481 e. The number of rotatable bonds is 6. The molecule has 1 amide bonds. The van der Waals surface area contributed by atoms with Crippen LogP contribution in [0.15, 0.2) is 48.7 Å². The van der Waals surface area contributed by atoms with Gasteiger partial charge < -0.3 is 5.11 Å². The summed E-state index contributed by atoms with van der Waals surface area (Å²) in [5, 5.41) is 8.87. The van der Waals surface area contributed by atoms with E-state index in [0.29, 0.717) is 5.82 Å². The number of aryl methyl sites for hydroxylation is 1. The second kappa shape index (κ2) is 7.36. The molecular weight excluding hydrogens is 280 g/mol. The van der Waals surface area contributed by atoms with Gasteiger partial charge in [-0.3, -0.25) is 14.5 Å². The minimum Gasteiger partial charge on any atom is -0.481 e. The number of nitrogens with zero attached hydrogens (tertiary/aromatic N) is 2. The lowest BCUT2D eigenvalue weighted by Gasteiger charge is -2.21. The molecule has 0 fully saturated rings. The van der Waals surface area contributed by atoms with Gasteiger partial charge in [0.25, 0.3) is 0 Å². The first-order valence-electron chi connectivity index (χ1n) is 7.05. The Labute approximate surface area is 129 Å². The molecule has 114 valence electrons. The van der Waals surface area contributed by atoms with Crippen LogP contribution in [0.2, 0.25) is 0 Å². The van der Waals surface area contributed by atoms with Crippen LogP contribution in [-0.4, -0.2) is 28.5 Å². The van der Waals surface area contributed by atoms with Gasteiger partial charge >= 0.3 is 5.97 Å². The van der Waals surface area contributed by atoms with Crippen molar-refractivity contribution >= 4 is 17.7 Å². The average molecular weight is 298 g/mol. The number of hydrogen-bond donors (Lipinski definition) is 1. The Hall–Kier alpha value is -2.69. The van der Waals surface area contributed by atoms with Crippen molar-refractivity contribution in [3.63, 3.8) is 0 Å². The molecule has 1 N–H and O–H groups in total. The molecule has 0 saturated heterocycles. The molecule has 0 radical (unpaired) electrons. The predicted molar refractivity (Wildman–Crippen MR) is 83.7 cm³/mol. The molecule has 5 heteroatoms. The molecule has 22 heavy (non-hydrogen) atoms. The van der Waals surface area contributed by atoms with Crippen molar-refractivity contribution in [2.24, 2.45) is 0 Å². The molecular formula is C17H18N2O3. The van der Waals surface area contributed by atoms with Gasteiger partial charge in [-0.05, 0) is 24.1 Å². The van der Waals surface area contributed by atoms with Gasteiger partial charge in [0.15, 0.2) is 0 Å². The molecule has 0 spiro atoms. The Morgan fingerprint density at radius 1 is 1.14 bits per heavy atom. The lowest BCUT2D eigenvalue weighted by Crippen LogP contribution is -2.34. The highest BCUT2D eigenvalue weighted by Gasteiger charge is 2.18. The molecule has 5 nitrogen and oxygen atoms in total. The fourth-order valence-electron chi connectivity index (χ4n) is 2.06. The smallest absolute Gasteiger partial charge is 0.305 e. The summed E-state index contributed by atoms with van der Waals surface area (Å²) in [7, 11) is 0. The van der Waals surface area contributed by atoms with Crippen molar-refractivity contribution in [2.45, 2.75) is 19.8 Å². The average Bonchev–Trinajstić information content (AvgIpc) is 2.50. The van der Waals surface area contributed by atoms with Gasteiger partial charge in [0.2, 0.25) is 5.91 Å². The summed E-state index contributed by atoms with van der Waals surface area (Å²) in [4.78, 5) is 29.0. The molecule has 0 unspecified atom stereocenters. The zero-order chi connectivity index (χ0) is 15.9. The van der Waals surface area contributed by atoms with Crippen molar-refractivity contribution in [1.29, 1.82) is 0 Å². The molecule has 1 heterocycles. The van der Waals surface area contributed by atoms with Crippen LogP contribution in [0, 0.1) is 6.92 Å². The molecule has 1 aromatic heterocycles. The maximum absolute atomic E-state index is 12.5. The third-order valence-electron chi connectivity index (χ3n) is 3.22. The first kappa shape index (κ1) is 15.7. The topological polar surface area (TPSA) is 70.5 Å². The van der Waals surface area contributed by atoms with Crippen molar-refractivity contribution in [2.75, 3.05) is 11.4 Å². The monoisotopic (exact) mass is 298 g/mol. The normalized spacial score (nSPS) is 10.2. The maximum atomic E-state index is 12.5. The Morgan fingerprint density at radius 3 is 2.45 bits per heavy atom. The molecule has 2 rings (SSSR count). The summed E-state index contributed by atoms with van der Waals surface area (Å²) < 4.78 is 0. The van der Waals surface area contributed by atoms with Crippen LogP contribution < -0.4 is 4.90 Å². The Balaban J connectivity index is 2.17. The van der Waals surface area contributed by atoms with Crippen molar-refractivity contribution < 1.29 is 14.7 Å². The fraction of sp³-hybridized carbons (Fsp3) is 0.235. The lowest BCUT2D eigenvalue weighted by molar-refractivity contribution is -0.136. The van der Waals surface area contributed by atoms with Crippen LogP contribution in [0.3, 0.4) is 0 Å². The second-order valence-corrected chi connectivity index (χ2v) is 5.05. The fourth-order valence-corrected chi connectivity index (χ4v) is 2.06. The number of amides is 1. The number of aromatic nitrogens is 1. The minimum atomic E-state index is -0.940. The number of carboxylic acid groups (broad SMARTS) is 1. The molecule has 0 aliphatic heterocycles. The number of hydrogen-bond acceptors (Lipinski definition) is 3. The first-order chi connectivity index (χ1) is 10.6. The standard InChI is InChI=1S/C17H18N2O3/c1-13-7-8-15(18-12-13)19(10-9-17(21)22)16(20)11-14-5-3-2-4-6-14/h2-8,12H,9-11H2,1H3,(H,21,22). The highest BCUT2D eigenvalue weighted by molar-refractivity contribution is 5.94. The number of aliphatic carboxylic acids is 1. The van der Waals surface area contributed by atoms with Crippen molar-refractivity contribution in [3.8, 4) is 0 Å². The van der Waals surface area contributed by atoms with Gasteiger partial charge in [0.1, 0.15) is 5.82 Å². The van der Waals surface area contributed by atoms with Gasteiger partial charge in [-0.1, -0.05) is 36.4 Å². The number of benzene rings is 1. The Bertz CT molecular complexity index is 639. The zero-order valence-electron chi connectivity index (χ0n) is 12.4. The van der Waals surface area contributed by atoms with E-state index in [2.05, 4.69) is 4.98 Å². The Kier molecular flexibility index (Phi) is 5.25. The van der Waals surface area contributed by atoms with Crippen LogP contribution in [-0.2, 0) is 16.0 Å². The van der Waals surface area contributed by atoms with E-state index in [1.807, 2.05) is 43.3 Å². The molecule has 1 aromatic carbocycles. The van der Waals surface area contributed by atoms with E-state index in [0.717, 1.165) is 11.1 Å². The van der Waals surface area contributed by atoms with Crippen molar-refractivity contribution in [1.82, 2.24) is 4.98 Å². The van der Waals surface area contributed by atoms with Gasteiger partial charge in [-0.15, -0.1) is 0 Å². The number of anilines is 1. The van der Waals surface area contributed by atoms with Crippen molar-refractivity contribution in [3.05, 3.63) is 59.8 Å². The highest BCUT2D eigenvalue weighted by Crippen LogP contribution is 2.14. The minimum absolute atomic E-state index is 0.108. The van der Waals surface area contributed by atoms with E-state index in [1.165, 1.54) is 4.90 Å². The lowest BCUT2D eigenvalue weighted by atomic mass is 10.1. The first-order valence-corrected chi connectivity index (χ1v) is 7.05. The number of carboxylic acids is 1. The van der Waals surface area contributed by atoms with E-state index in [-0.39, 0.29) is 25.3 Å². The number of carbonyl (C=O) groups excluding carboxylic acids is 1. The SMILES string of the molecule is Cc1ccc(N(CCC(=O)O)C(=O)Cc2ccccc2)nc1. The van der Waals surface area contributed by atoms with Crippen LogP contribution in [0.1, 0.15) is 17.5 Å². The zero-order valence-corrected chi connectivity index (χ0v) is 12.4. The van der Waals surface area contributed by atoms with Gasteiger partial charge in [-0.25, -0.2) is 4.98 Å². The summed E-state index contributed by atoms with van der Waals surface area (Å²) in [5.74, 6) is -0.624. The molecule has 2 aromatic rings. The Morgan fingerprint density at radius 2 is 1.86 bits per heavy atom. The van der Waals surface area contributed by atoms with Gasteiger partial charge in [-0.2, -0.15) is 0 Å². The summed E-state index contributed by atoms with van der Waals surface area (Å²) in [6.45, 7) is 2.02. The van der Waals surface area contributed by atoms with Gasteiger partial charge in [0.05, 0.1) is 12.8 Å². The second-order valence-electron chi connectivity index (χ2n) is 5.05. The number of carbonyl (C=O) groups is 2. The summed E-state index contributed by atoms with van der Waals surface area (Å²) in [6, 6.07) is 13.0.